The maximum atomic E-state index is 14.3. The maximum Gasteiger partial charge on any atom is 0.416 e. The highest BCUT2D eigenvalue weighted by Crippen LogP contribution is 2.44. The molecule has 1 N–H and O–H groups in total. The number of carbonyl (C=O) groups excluding carboxylic acids is 2. The van der Waals surface area contributed by atoms with E-state index in [4.69, 9.17) is 0 Å². The maximum absolute atomic E-state index is 14.3. The van der Waals surface area contributed by atoms with Crippen molar-refractivity contribution in [3.05, 3.63) is 125 Å². The standard InChI is InChI=1S/C34H32F3N5O2/c1-40-16-18-41(19-17-40)27-8-4-7-26(20-27)39-32(43)30-28-9-2-3-10-29(28)33(44)42(22-23-6-5-15-38-21-23)31(30)24-11-13-25(14-12-24)34(35,36)37/h2-15,20-21,30-31H,16-19,22H2,1H3,(H,39,43)/t30-,31+/m1/s1. The predicted octanol–water partition coefficient (Wildman–Crippen LogP) is 5.97. The predicted molar refractivity (Wildman–Crippen MR) is 162 cm³/mol. The van der Waals surface area contributed by atoms with Crippen LogP contribution in [0.4, 0.5) is 24.5 Å². The first-order valence-corrected chi connectivity index (χ1v) is 14.5. The van der Waals surface area contributed by atoms with Crippen molar-refractivity contribution in [2.75, 3.05) is 43.4 Å². The number of amides is 2. The fourth-order valence-corrected chi connectivity index (χ4v) is 6.04. The number of pyridine rings is 1. The molecular formula is C34H32F3N5O2. The lowest BCUT2D eigenvalue weighted by Crippen LogP contribution is -2.45. The topological polar surface area (TPSA) is 68.8 Å². The van der Waals surface area contributed by atoms with E-state index in [2.05, 4.69) is 27.1 Å². The SMILES string of the molecule is CN1CCN(c2cccc(NC(=O)[C@@H]3c4ccccc4C(=O)N(Cc4cccnc4)[C@H]3c3ccc(C(F)(F)F)cc3)c2)CC1. The molecule has 0 aliphatic carbocycles. The summed E-state index contributed by atoms with van der Waals surface area (Å²) in [7, 11) is 2.09. The third-order valence-corrected chi connectivity index (χ3v) is 8.36. The van der Waals surface area contributed by atoms with Crippen LogP contribution in [0.15, 0.2) is 97.3 Å². The molecule has 2 amide bonds. The summed E-state index contributed by atoms with van der Waals surface area (Å²) >= 11 is 0. The van der Waals surface area contributed by atoms with Crippen molar-refractivity contribution in [1.82, 2.24) is 14.8 Å². The lowest BCUT2D eigenvalue weighted by atomic mass is 9.78. The summed E-state index contributed by atoms with van der Waals surface area (Å²) in [6.45, 7) is 3.72. The Hall–Kier alpha value is -4.70. The molecule has 0 spiro atoms. The number of rotatable bonds is 6. The minimum absolute atomic E-state index is 0.120. The fourth-order valence-electron chi connectivity index (χ4n) is 6.04. The van der Waals surface area contributed by atoms with E-state index in [-0.39, 0.29) is 18.4 Å². The van der Waals surface area contributed by atoms with E-state index < -0.39 is 23.7 Å². The van der Waals surface area contributed by atoms with Gasteiger partial charge in [-0.05, 0) is 66.2 Å². The molecule has 7 nitrogen and oxygen atoms in total. The third-order valence-electron chi connectivity index (χ3n) is 8.36. The third kappa shape index (κ3) is 6.03. The van der Waals surface area contributed by atoms with Crippen LogP contribution < -0.4 is 10.2 Å². The van der Waals surface area contributed by atoms with Gasteiger partial charge in [-0.2, -0.15) is 13.2 Å². The zero-order valence-corrected chi connectivity index (χ0v) is 24.2. The van der Waals surface area contributed by atoms with Gasteiger partial charge >= 0.3 is 6.18 Å². The molecule has 0 saturated carbocycles. The van der Waals surface area contributed by atoms with Crippen molar-refractivity contribution in [3.63, 3.8) is 0 Å². The molecular weight excluding hydrogens is 567 g/mol. The van der Waals surface area contributed by atoms with Crippen LogP contribution >= 0.6 is 0 Å². The molecule has 1 saturated heterocycles. The second kappa shape index (κ2) is 12.1. The Morgan fingerprint density at radius 2 is 1.68 bits per heavy atom. The summed E-state index contributed by atoms with van der Waals surface area (Å²) in [6, 6.07) is 22.0. The van der Waals surface area contributed by atoms with Gasteiger partial charge < -0.3 is 20.0 Å². The van der Waals surface area contributed by atoms with Crippen LogP contribution in [-0.2, 0) is 17.5 Å². The van der Waals surface area contributed by atoms with Gasteiger partial charge in [-0.15, -0.1) is 0 Å². The Labute approximate surface area is 253 Å². The number of hydrogen-bond donors (Lipinski definition) is 1. The van der Waals surface area contributed by atoms with Gasteiger partial charge in [-0.25, -0.2) is 0 Å². The Bertz CT molecular complexity index is 1640. The van der Waals surface area contributed by atoms with Crippen molar-refractivity contribution >= 4 is 23.2 Å². The number of hydrogen-bond acceptors (Lipinski definition) is 5. The molecule has 3 aromatic carbocycles. The van der Waals surface area contributed by atoms with Crippen molar-refractivity contribution < 1.29 is 22.8 Å². The normalized spacial score (nSPS) is 19.0. The average molecular weight is 600 g/mol. The Kier molecular flexibility index (Phi) is 8.09. The van der Waals surface area contributed by atoms with Crippen LogP contribution in [0.25, 0.3) is 0 Å². The lowest BCUT2D eigenvalue weighted by molar-refractivity contribution is -0.137. The van der Waals surface area contributed by atoms with Crippen LogP contribution in [0, 0.1) is 0 Å². The Balaban J connectivity index is 1.40. The number of halogens is 3. The molecule has 1 aromatic heterocycles. The van der Waals surface area contributed by atoms with E-state index in [1.54, 1.807) is 47.6 Å². The number of anilines is 2. The molecule has 2 aliphatic heterocycles. The molecule has 2 aliphatic rings. The monoisotopic (exact) mass is 599 g/mol. The van der Waals surface area contributed by atoms with Crippen LogP contribution in [0.2, 0.25) is 0 Å². The van der Waals surface area contributed by atoms with Crippen LogP contribution in [0.1, 0.15) is 44.6 Å². The number of fused-ring (bicyclic) bond motifs is 1. The largest absolute Gasteiger partial charge is 0.416 e. The van der Waals surface area contributed by atoms with Crippen molar-refractivity contribution in [3.8, 4) is 0 Å². The van der Waals surface area contributed by atoms with E-state index in [0.717, 1.165) is 49.6 Å². The quantitative estimate of drug-likeness (QED) is 0.296. The minimum Gasteiger partial charge on any atom is -0.369 e. The number of piperazine rings is 1. The second-order valence-corrected chi connectivity index (χ2v) is 11.3. The summed E-state index contributed by atoms with van der Waals surface area (Å²) in [4.78, 5) is 38.6. The van der Waals surface area contributed by atoms with Gasteiger partial charge in [0.2, 0.25) is 5.91 Å². The molecule has 44 heavy (non-hydrogen) atoms. The zero-order chi connectivity index (χ0) is 30.8. The van der Waals surface area contributed by atoms with Crippen molar-refractivity contribution in [2.45, 2.75) is 24.7 Å². The number of nitrogens with one attached hydrogen (secondary N) is 1. The smallest absolute Gasteiger partial charge is 0.369 e. The molecule has 0 radical (unpaired) electrons. The van der Waals surface area contributed by atoms with Crippen LogP contribution in [0.3, 0.4) is 0 Å². The summed E-state index contributed by atoms with van der Waals surface area (Å²) in [5.74, 6) is -1.57. The highest BCUT2D eigenvalue weighted by molar-refractivity contribution is 6.04. The molecule has 0 unspecified atom stereocenters. The minimum atomic E-state index is -4.52. The summed E-state index contributed by atoms with van der Waals surface area (Å²) in [5, 5.41) is 3.07. The molecule has 2 atom stereocenters. The summed E-state index contributed by atoms with van der Waals surface area (Å²) in [6.07, 6.45) is -1.26. The van der Waals surface area contributed by atoms with Crippen LogP contribution in [-0.4, -0.2) is 59.8 Å². The number of carbonyl (C=O) groups is 2. The van der Waals surface area contributed by atoms with E-state index in [0.29, 0.717) is 22.4 Å². The summed E-state index contributed by atoms with van der Waals surface area (Å²) in [5.41, 5.74) is 2.86. The number of nitrogens with zero attached hydrogens (tertiary/aromatic N) is 4. The number of likely N-dealkylation sites (N-methyl/N-ethyl adjacent to an activating group) is 1. The molecule has 3 heterocycles. The van der Waals surface area contributed by atoms with Gasteiger partial charge in [0.25, 0.3) is 5.91 Å². The number of alkyl halides is 3. The van der Waals surface area contributed by atoms with Crippen molar-refractivity contribution in [1.29, 1.82) is 0 Å². The first-order chi connectivity index (χ1) is 21.2. The van der Waals surface area contributed by atoms with E-state index >= 15 is 0 Å². The molecule has 0 bridgehead atoms. The van der Waals surface area contributed by atoms with Gasteiger partial charge in [0.05, 0.1) is 17.5 Å². The highest BCUT2D eigenvalue weighted by atomic mass is 19.4. The lowest BCUT2D eigenvalue weighted by Gasteiger charge is -2.42. The molecule has 1 fully saturated rings. The summed E-state index contributed by atoms with van der Waals surface area (Å²) < 4.78 is 40.4. The van der Waals surface area contributed by atoms with Crippen LogP contribution in [0.5, 0.6) is 0 Å². The molecule has 6 rings (SSSR count). The van der Waals surface area contributed by atoms with Gasteiger partial charge in [-0.1, -0.05) is 42.5 Å². The first kappa shape index (κ1) is 29.4. The van der Waals surface area contributed by atoms with E-state index in [1.165, 1.54) is 12.1 Å². The second-order valence-electron chi connectivity index (χ2n) is 11.3. The zero-order valence-electron chi connectivity index (χ0n) is 24.2. The number of aromatic nitrogens is 1. The molecule has 4 aromatic rings. The van der Waals surface area contributed by atoms with Gasteiger partial charge in [0, 0.05) is 62.1 Å². The Morgan fingerprint density at radius 1 is 0.932 bits per heavy atom. The van der Waals surface area contributed by atoms with Crippen molar-refractivity contribution in [2.24, 2.45) is 0 Å². The van der Waals surface area contributed by atoms with E-state index in [9.17, 15) is 22.8 Å². The molecule has 10 heteroatoms. The van der Waals surface area contributed by atoms with Gasteiger partial charge in [0.1, 0.15) is 0 Å². The average Bonchev–Trinajstić information content (AvgIpc) is 3.03. The van der Waals surface area contributed by atoms with E-state index in [1.807, 2.05) is 30.3 Å². The number of benzene rings is 3. The fraction of sp³-hybridized carbons (Fsp3) is 0.265. The molecule has 226 valence electrons. The van der Waals surface area contributed by atoms with Gasteiger partial charge in [-0.3, -0.25) is 14.6 Å². The first-order valence-electron chi connectivity index (χ1n) is 14.5. The Morgan fingerprint density at radius 3 is 2.39 bits per heavy atom. The highest BCUT2D eigenvalue weighted by Gasteiger charge is 2.44. The van der Waals surface area contributed by atoms with Gasteiger partial charge in [0.15, 0.2) is 0 Å².